The second-order valence-corrected chi connectivity index (χ2v) is 2.61. The Morgan fingerprint density at radius 2 is 2.20 bits per heavy atom. The molecule has 0 bridgehead atoms. The fraction of sp³-hybridized carbons (Fsp3) is 0.857. The van der Waals surface area contributed by atoms with Crippen molar-refractivity contribution in [2.45, 2.75) is 20.3 Å². The molecule has 0 aromatic heterocycles. The fourth-order valence-corrected chi connectivity index (χ4v) is 0.572. The zero-order valence-electron chi connectivity index (χ0n) is 6.83. The normalized spacial score (nSPS) is 10.0. The third-order valence-corrected chi connectivity index (χ3v) is 1.28. The predicted molar refractivity (Wildman–Crippen MR) is 39.2 cm³/mol. The lowest BCUT2D eigenvalue weighted by Crippen LogP contribution is -2.22. The zero-order valence-corrected chi connectivity index (χ0v) is 6.83. The summed E-state index contributed by atoms with van der Waals surface area (Å²) in [5.74, 6) is 0.609. The van der Waals surface area contributed by atoms with Crippen molar-refractivity contribution < 1.29 is 9.63 Å². The van der Waals surface area contributed by atoms with Crippen molar-refractivity contribution in [2.75, 3.05) is 13.7 Å². The van der Waals surface area contributed by atoms with Crippen molar-refractivity contribution >= 4 is 6.41 Å². The summed E-state index contributed by atoms with van der Waals surface area (Å²) in [6, 6.07) is 0. The van der Waals surface area contributed by atoms with Crippen molar-refractivity contribution in [1.82, 2.24) is 5.06 Å². The highest BCUT2D eigenvalue weighted by Crippen LogP contribution is 1.99. The third-order valence-electron chi connectivity index (χ3n) is 1.28. The molecule has 0 saturated carbocycles. The summed E-state index contributed by atoms with van der Waals surface area (Å²) in [6.45, 7) is 4.90. The van der Waals surface area contributed by atoms with Gasteiger partial charge in [0.25, 0.3) is 0 Å². The topological polar surface area (TPSA) is 29.5 Å². The van der Waals surface area contributed by atoms with Gasteiger partial charge in [0, 0.05) is 6.54 Å². The molecule has 0 unspecified atom stereocenters. The lowest BCUT2D eigenvalue weighted by molar-refractivity contribution is -0.161. The summed E-state index contributed by atoms with van der Waals surface area (Å²) in [4.78, 5) is 14.9. The van der Waals surface area contributed by atoms with Crippen LogP contribution in [-0.4, -0.2) is 25.1 Å². The van der Waals surface area contributed by atoms with Gasteiger partial charge in [-0.2, -0.15) is 0 Å². The Labute approximate surface area is 61.9 Å². The summed E-state index contributed by atoms with van der Waals surface area (Å²) in [5, 5.41) is 1.29. The van der Waals surface area contributed by atoms with Gasteiger partial charge in [-0.1, -0.05) is 13.8 Å². The number of carbonyl (C=O) groups excluding carboxylic acids is 1. The molecule has 0 aromatic carbocycles. The SMILES string of the molecule is CON(C=O)CCC(C)C. The van der Waals surface area contributed by atoms with Gasteiger partial charge in [0.15, 0.2) is 0 Å². The van der Waals surface area contributed by atoms with E-state index in [1.54, 1.807) is 0 Å². The second kappa shape index (κ2) is 5.23. The number of nitrogens with zero attached hydrogens (tertiary/aromatic N) is 1. The minimum absolute atomic E-state index is 0.609. The quantitative estimate of drug-likeness (QED) is 0.427. The first-order valence-electron chi connectivity index (χ1n) is 3.46. The minimum atomic E-state index is 0.609. The van der Waals surface area contributed by atoms with E-state index in [0.717, 1.165) is 6.42 Å². The third kappa shape index (κ3) is 4.32. The van der Waals surface area contributed by atoms with Crippen molar-refractivity contribution in [3.8, 4) is 0 Å². The van der Waals surface area contributed by atoms with Crippen LogP contribution in [0.4, 0.5) is 0 Å². The monoisotopic (exact) mass is 145 g/mol. The number of hydrogen-bond donors (Lipinski definition) is 0. The summed E-state index contributed by atoms with van der Waals surface area (Å²) in [5.41, 5.74) is 0. The highest BCUT2D eigenvalue weighted by atomic mass is 16.7. The molecule has 0 aliphatic carbocycles. The standard InChI is InChI=1S/C7H15NO2/c1-7(2)4-5-8(6-9)10-3/h6-7H,4-5H2,1-3H3. The van der Waals surface area contributed by atoms with Crippen LogP contribution in [0.2, 0.25) is 0 Å². The van der Waals surface area contributed by atoms with E-state index in [1.165, 1.54) is 12.2 Å². The zero-order chi connectivity index (χ0) is 7.98. The molecule has 0 aliphatic rings. The number of carbonyl (C=O) groups is 1. The molecule has 0 atom stereocenters. The van der Waals surface area contributed by atoms with Gasteiger partial charge in [-0.05, 0) is 12.3 Å². The predicted octanol–water partition coefficient (Wildman–Crippen LogP) is 1.05. The van der Waals surface area contributed by atoms with Crippen LogP contribution in [0.3, 0.4) is 0 Å². The highest BCUT2D eigenvalue weighted by molar-refractivity contribution is 5.44. The molecule has 0 N–H and O–H groups in total. The van der Waals surface area contributed by atoms with E-state index in [1.807, 2.05) is 0 Å². The molecule has 0 aliphatic heterocycles. The van der Waals surface area contributed by atoms with Crippen LogP contribution < -0.4 is 0 Å². The Kier molecular flexibility index (Phi) is 4.94. The Morgan fingerprint density at radius 1 is 1.60 bits per heavy atom. The lowest BCUT2D eigenvalue weighted by Gasteiger charge is -2.14. The number of hydroxylamine groups is 2. The van der Waals surface area contributed by atoms with Crippen LogP contribution in [0.5, 0.6) is 0 Å². The highest BCUT2D eigenvalue weighted by Gasteiger charge is 1.99. The van der Waals surface area contributed by atoms with Crippen LogP contribution >= 0.6 is 0 Å². The summed E-state index contributed by atoms with van der Waals surface area (Å²) in [6.07, 6.45) is 1.68. The van der Waals surface area contributed by atoms with E-state index in [2.05, 4.69) is 13.8 Å². The molecule has 3 nitrogen and oxygen atoms in total. The van der Waals surface area contributed by atoms with Gasteiger partial charge in [-0.25, -0.2) is 5.06 Å². The molecule has 0 aromatic rings. The Hall–Kier alpha value is -0.570. The number of hydrogen-bond acceptors (Lipinski definition) is 2. The molecule has 0 heterocycles. The smallest absolute Gasteiger partial charge is 0.233 e. The number of amides is 1. The molecule has 0 rings (SSSR count). The van der Waals surface area contributed by atoms with Gasteiger partial charge < -0.3 is 0 Å². The summed E-state index contributed by atoms with van der Waals surface area (Å²) in [7, 11) is 1.49. The van der Waals surface area contributed by atoms with Gasteiger partial charge in [-0.15, -0.1) is 0 Å². The average molecular weight is 145 g/mol. The van der Waals surface area contributed by atoms with Gasteiger partial charge in [0.05, 0.1) is 7.11 Å². The molecular formula is C7H15NO2. The fourth-order valence-electron chi connectivity index (χ4n) is 0.572. The molecule has 60 valence electrons. The van der Waals surface area contributed by atoms with Gasteiger partial charge in [0.1, 0.15) is 0 Å². The Morgan fingerprint density at radius 3 is 2.50 bits per heavy atom. The lowest BCUT2D eigenvalue weighted by atomic mass is 10.1. The maximum absolute atomic E-state index is 10.1. The van der Waals surface area contributed by atoms with Crippen LogP contribution in [0, 0.1) is 5.92 Å². The molecule has 0 radical (unpaired) electrons. The van der Waals surface area contributed by atoms with Crippen molar-refractivity contribution in [3.63, 3.8) is 0 Å². The number of rotatable bonds is 5. The largest absolute Gasteiger partial charge is 0.276 e. The van der Waals surface area contributed by atoms with E-state index in [9.17, 15) is 4.79 Å². The van der Waals surface area contributed by atoms with E-state index >= 15 is 0 Å². The molecule has 3 heteroatoms. The van der Waals surface area contributed by atoms with Crippen molar-refractivity contribution in [3.05, 3.63) is 0 Å². The molecular weight excluding hydrogens is 130 g/mol. The van der Waals surface area contributed by atoms with E-state index in [0.29, 0.717) is 18.9 Å². The van der Waals surface area contributed by atoms with Crippen LogP contribution in [0.1, 0.15) is 20.3 Å². The first-order chi connectivity index (χ1) is 4.70. The maximum Gasteiger partial charge on any atom is 0.233 e. The first-order valence-corrected chi connectivity index (χ1v) is 3.46. The molecule has 10 heavy (non-hydrogen) atoms. The van der Waals surface area contributed by atoms with Crippen molar-refractivity contribution in [1.29, 1.82) is 0 Å². The Balaban J connectivity index is 3.34. The maximum atomic E-state index is 10.1. The van der Waals surface area contributed by atoms with Crippen LogP contribution in [0.25, 0.3) is 0 Å². The average Bonchev–Trinajstić information content (AvgIpc) is 1.90. The molecule has 0 fully saturated rings. The minimum Gasteiger partial charge on any atom is -0.276 e. The van der Waals surface area contributed by atoms with Crippen LogP contribution in [-0.2, 0) is 9.63 Å². The van der Waals surface area contributed by atoms with Crippen LogP contribution in [0.15, 0.2) is 0 Å². The van der Waals surface area contributed by atoms with Crippen molar-refractivity contribution in [2.24, 2.45) is 5.92 Å². The summed E-state index contributed by atoms with van der Waals surface area (Å²) < 4.78 is 0. The van der Waals surface area contributed by atoms with Gasteiger partial charge in [-0.3, -0.25) is 9.63 Å². The van der Waals surface area contributed by atoms with E-state index in [-0.39, 0.29) is 0 Å². The van der Waals surface area contributed by atoms with Gasteiger partial charge in [0.2, 0.25) is 6.41 Å². The Bertz CT molecular complexity index is 93.6. The molecule has 1 amide bonds. The van der Waals surface area contributed by atoms with E-state index < -0.39 is 0 Å². The summed E-state index contributed by atoms with van der Waals surface area (Å²) >= 11 is 0. The van der Waals surface area contributed by atoms with E-state index in [4.69, 9.17) is 4.84 Å². The first kappa shape index (κ1) is 9.43. The van der Waals surface area contributed by atoms with Gasteiger partial charge >= 0.3 is 0 Å². The molecule has 0 saturated heterocycles. The molecule has 0 spiro atoms. The second-order valence-electron chi connectivity index (χ2n) is 2.61.